The van der Waals surface area contributed by atoms with Gasteiger partial charge >= 0.3 is 0 Å². The number of hydrogen-bond acceptors (Lipinski definition) is 6. The Morgan fingerprint density at radius 1 is 1.50 bits per heavy atom. The molecule has 1 fully saturated rings. The standard InChI is InChI=1S/C15H19N5O4/c1-4-8-5-9(21)14(24-8)20-6-16-10-11(20)17-15(19-13(10)23)18-12(22)7(2)3/h6-8,14H,4-5H2,1-3H3,(H2,17,18,19,22,23)/t8-,14-/m1/s1. The molecule has 0 bridgehead atoms. The van der Waals surface area contributed by atoms with E-state index in [2.05, 4.69) is 20.3 Å². The molecule has 1 aliphatic rings. The maximum Gasteiger partial charge on any atom is 0.280 e. The number of nitrogens with one attached hydrogen (secondary N) is 2. The van der Waals surface area contributed by atoms with Crippen LogP contribution in [0.2, 0.25) is 0 Å². The van der Waals surface area contributed by atoms with Crippen molar-refractivity contribution in [2.75, 3.05) is 5.32 Å². The van der Waals surface area contributed by atoms with Crippen LogP contribution in [-0.2, 0) is 14.3 Å². The molecule has 0 radical (unpaired) electrons. The maximum absolute atomic E-state index is 12.2. The summed E-state index contributed by atoms with van der Waals surface area (Å²) in [4.78, 5) is 46.8. The lowest BCUT2D eigenvalue weighted by Crippen LogP contribution is -2.23. The second-order valence-electron chi connectivity index (χ2n) is 6.07. The zero-order valence-corrected chi connectivity index (χ0v) is 13.7. The molecule has 24 heavy (non-hydrogen) atoms. The van der Waals surface area contributed by atoms with E-state index in [1.54, 1.807) is 13.8 Å². The summed E-state index contributed by atoms with van der Waals surface area (Å²) in [5.41, 5.74) is -0.197. The molecule has 0 unspecified atom stereocenters. The number of ketones is 1. The van der Waals surface area contributed by atoms with Crippen LogP contribution in [0.5, 0.6) is 0 Å². The predicted octanol–water partition coefficient (Wildman–Crippen LogP) is 0.981. The molecular weight excluding hydrogens is 314 g/mol. The molecule has 9 nitrogen and oxygen atoms in total. The highest BCUT2D eigenvalue weighted by Crippen LogP contribution is 2.28. The molecule has 2 N–H and O–H groups in total. The number of anilines is 1. The predicted molar refractivity (Wildman–Crippen MR) is 85.4 cm³/mol. The number of hydrogen-bond donors (Lipinski definition) is 2. The van der Waals surface area contributed by atoms with Gasteiger partial charge in [0.15, 0.2) is 23.2 Å². The van der Waals surface area contributed by atoms with Gasteiger partial charge in [-0.15, -0.1) is 0 Å². The Labute approximate surface area is 137 Å². The van der Waals surface area contributed by atoms with E-state index >= 15 is 0 Å². The van der Waals surface area contributed by atoms with E-state index < -0.39 is 11.8 Å². The second kappa shape index (κ2) is 6.16. The summed E-state index contributed by atoms with van der Waals surface area (Å²) in [7, 11) is 0. The van der Waals surface area contributed by atoms with E-state index in [0.29, 0.717) is 6.42 Å². The van der Waals surface area contributed by atoms with Crippen LogP contribution in [-0.4, -0.2) is 37.3 Å². The fourth-order valence-corrected chi connectivity index (χ4v) is 2.51. The highest BCUT2D eigenvalue weighted by molar-refractivity contribution is 5.91. The number of nitrogens with zero attached hydrogens (tertiary/aromatic N) is 3. The first-order valence-corrected chi connectivity index (χ1v) is 7.86. The van der Waals surface area contributed by atoms with Crippen molar-refractivity contribution in [3.63, 3.8) is 0 Å². The van der Waals surface area contributed by atoms with Gasteiger partial charge in [0, 0.05) is 12.3 Å². The highest BCUT2D eigenvalue weighted by Gasteiger charge is 2.35. The Morgan fingerprint density at radius 2 is 2.25 bits per heavy atom. The summed E-state index contributed by atoms with van der Waals surface area (Å²) in [6, 6.07) is 0. The number of amides is 1. The van der Waals surface area contributed by atoms with Gasteiger partial charge in [0.25, 0.3) is 5.56 Å². The Kier molecular flexibility index (Phi) is 4.18. The molecule has 0 spiro atoms. The van der Waals surface area contributed by atoms with Crippen LogP contribution in [0.25, 0.3) is 11.2 Å². The van der Waals surface area contributed by atoms with Crippen molar-refractivity contribution < 1.29 is 14.3 Å². The molecular formula is C15H19N5O4. The molecule has 3 rings (SSSR count). The third-order valence-electron chi connectivity index (χ3n) is 3.93. The first kappa shape index (κ1) is 16.3. The molecule has 2 atom stereocenters. The largest absolute Gasteiger partial charge is 0.347 e. The van der Waals surface area contributed by atoms with Crippen LogP contribution >= 0.6 is 0 Å². The molecule has 9 heteroatoms. The Balaban J connectivity index is 2.01. The summed E-state index contributed by atoms with van der Waals surface area (Å²) < 4.78 is 7.15. The molecule has 2 aromatic heterocycles. The quantitative estimate of drug-likeness (QED) is 0.861. The number of aromatic amines is 1. The SMILES string of the molecule is CC[C@@H]1CC(=O)[C@H](n2cnc3c(=O)[nH]c(NC(=O)C(C)C)nc32)O1. The van der Waals surface area contributed by atoms with Gasteiger partial charge in [-0.1, -0.05) is 20.8 Å². The summed E-state index contributed by atoms with van der Waals surface area (Å²) in [6.45, 7) is 5.40. The van der Waals surface area contributed by atoms with Gasteiger partial charge in [0.2, 0.25) is 11.9 Å². The monoisotopic (exact) mass is 333 g/mol. The summed E-state index contributed by atoms with van der Waals surface area (Å²) in [6.07, 6.45) is 1.41. The minimum absolute atomic E-state index is 0.0189. The van der Waals surface area contributed by atoms with Gasteiger partial charge in [0.05, 0.1) is 12.4 Å². The minimum Gasteiger partial charge on any atom is -0.347 e. The van der Waals surface area contributed by atoms with Crippen molar-refractivity contribution in [2.45, 2.75) is 45.9 Å². The van der Waals surface area contributed by atoms with E-state index in [9.17, 15) is 14.4 Å². The zero-order chi connectivity index (χ0) is 17.4. The van der Waals surface area contributed by atoms with Crippen LogP contribution < -0.4 is 10.9 Å². The van der Waals surface area contributed by atoms with E-state index in [1.165, 1.54) is 10.9 Å². The number of imidazole rings is 1. The van der Waals surface area contributed by atoms with Gasteiger partial charge in [-0.2, -0.15) is 4.98 Å². The van der Waals surface area contributed by atoms with E-state index in [1.807, 2.05) is 6.92 Å². The minimum atomic E-state index is -0.845. The smallest absolute Gasteiger partial charge is 0.280 e. The van der Waals surface area contributed by atoms with Crippen LogP contribution in [0.3, 0.4) is 0 Å². The van der Waals surface area contributed by atoms with E-state index in [-0.39, 0.29) is 40.8 Å². The lowest BCUT2D eigenvalue weighted by atomic mass is 10.2. The number of aromatic nitrogens is 4. The van der Waals surface area contributed by atoms with Gasteiger partial charge in [-0.05, 0) is 6.42 Å². The molecule has 128 valence electrons. The number of ether oxygens (including phenoxy) is 1. The summed E-state index contributed by atoms with van der Waals surface area (Å²) >= 11 is 0. The number of Topliss-reactive ketones (excluding diaryl/α,β-unsaturated/α-hetero) is 1. The lowest BCUT2D eigenvalue weighted by molar-refractivity contribution is -0.126. The molecule has 1 aliphatic heterocycles. The normalized spacial score (nSPS) is 20.9. The lowest BCUT2D eigenvalue weighted by Gasteiger charge is -2.13. The molecule has 3 heterocycles. The van der Waals surface area contributed by atoms with Crippen LogP contribution in [0.15, 0.2) is 11.1 Å². The fourth-order valence-electron chi connectivity index (χ4n) is 2.51. The molecule has 0 aliphatic carbocycles. The first-order valence-electron chi connectivity index (χ1n) is 7.86. The number of carbonyl (C=O) groups is 2. The van der Waals surface area contributed by atoms with Crippen molar-refractivity contribution in [2.24, 2.45) is 5.92 Å². The van der Waals surface area contributed by atoms with Crippen molar-refractivity contribution >= 4 is 28.8 Å². The van der Waals surface area contributed by atoms with Crippen molar-refractivity contribution in [1.29, 1.82) is 0 Å². The van der Waals surface area contributed by atoms with Crippen LogP contribution in [0.1, 0.15) is 39.8 Å². The third-order valence-corrected chi connectivity index (χ3v) is 3.93. The Hall–Kier alpha value is -2.55. The topological polar surface area (TPSA) is 119 Å². The van der Waals surface area contributed by atoms with Crippen LogP contribution in [0, 0.1) is 5.92 Å². The van der Waals surface area contributed by atoms with Gasteiger partial charge in [-0.3, -0.25) is 29.3 Å². The molecule has 1 saturated heterocycles. The Morgan fingerprint density at radius 3 is 2.88 bits per heavy atom. The molecule has 2 aromatic rings. The molecule has 0 aromatic carbocycles. The van der Waals surface area contributed by atoms with E-state index in [4.69, 9.17) is 4.74 Å². The summed E-state index contributed by atoms with van der Waals surface area (Å²) in [5, 5.41) is 2.54. The van der Waals surface area contributed by atoms with E-state index in [0.717, 1.165) is 6.42 Å². The molecule has 0 saturated carbocycles. The average molecular weight is 333 g/mol. The number of rotatable bonds is 4. The number of carbonyl (C=O) groups excluding carboxylic acids is 2. The maximum atomic E-state index is 12.2. The second-order valence-corrected chi connectivity index (χ2v) is 6.07. The summed E-state index contributed by atoms with van der Waals surface area (Å²) in [5.74, 6) is -0.606. The van der Waals surface area contributed by atoms with Gasteiger partial charge < -0.3 is 4.74 Å². The molecule has 1 amide bonds. The van der Waals surface area contributed by atoms with Gasteiger partial charge in [-0.25, -0.2) is 4.98 Å². The van der Waals surface area contributed by atoms with Crippen molar-refractivity contribution in [3.8, 4) is 0 Å². The zero-order valence-electron chi connectivity index (χ0n) is 13.7. The average Bonchev–Trinajstić information content (AvgIpc) is 3.10. The number of H-pyrrole nitrogens is 1. The number of fused-ring (bicyclic) bond motifs is 1. The first-order chi connectivity index (χ1) is 11.4. The highest BCUT2D eigenvalue weighted by atomic mass is 16.5. The third kappa shape index (κ3) is 2.82. The fraction of sp³-hybridized carbons (Fsp3) is 0.533. The van der Waals surface area contributed by atoms with Crippen molar-refractivity contribution in [1.82, 2.24) is 19.5 Å². The van der Waals surface area contributed by atoms with Crippen molar-refractivity contribution in [3.05, 3.63) is 16.7 Å². The van der Waals surface area contributed by atoms with Crippen LogP contribution in [0.4, 0.5) is 5.95 Å². The Bertz CT molecular complexity index is 853. The van der Waals surface area contributed by atoms with Gasteiger partial charge in [0.1, 0.15) is 0 Å².